The van der Waals surface area contributed by atoms with E-state index in [-0.39, 0.29) is 24.5 Å². The molecule has 5 heteroatoms. The van der Waals surface area contributed by atoms with E-state index in [9.17, 15) is 4.79 Å². The molecule has 1 aliphatic heterocycles. The second-order valence-electron chi connectivity index (χ2n) is 4.27. The van der Waals surface area contributed by atoms with Crippen molar-refractivity contribution in [1.29, 1.82) is 0 Å². The van der Waals surface area contributed by atoms with Gasteiger partial charge in [0.15, 0.2) is 0 Å². The summed E-state index contributed by atoms with van der Waals surface area (Å²) < 4.78 is 10.5. The molecule has 0 spiro atoms. The maximum absolute atomic E-state index is 11.2. The third kappa shape index (κ3) is 4.17. The normalized spacial score (nSPS) is 15.1. The zero-order valence-electron chi connectivity index (χ0n) is 10.5. The number of nitrogens with one attached hydrogen (secondary N) is 1. The average Bonchev–Trinajstić information content (AvgIpc) is 2.98. The van der Waals surface area contributed by atoms with E-state index in [0.29, 0.717) is 6.54 Å². The first kappa shape index (κ1) is 13.7. The van der Waals surface area contributed by atoms with Gasteiger partial charge in [0.2, 0.25) is 12.7 Å². The van der Waals surface area contributed by atoms with Gasteiger partial charge in [0.05, 0.1) is 0 Å². The van der Waals surface area contributed by atoms with Crippen LogP contribution in [0.4, 0.5) is 0 Å². The minimum Gasteiger partial charge on any atom is -0.462 e. The number of rotatable bonds is 6. The highest BCUT2D eigenvalue weighted by atomic mass is 35.5. The average molecular weight is 282 g/mol. The molecule has 0 aromatic heterocycles. The predicted octanol–water partition coefficient (Wildman–Crippen LogP) is 2.05. The van der Waals surface area contributed by atoms with Crippen molar-refractivity contribution >= 4 is 17.5 Å². The fourth-order valence-electron chi connectivity index (χ4n) is 1.92. The molecule has 19 heavy (non-hydrogen) atoms. The van der Waals surface area contributed by atoms with Gasteiger partial charge in [0.25, 0.3) is 0 Å². The molecule has 1 aromatic rings. The van der Waals surface area contributed by atoms with Crippen LogP contribution in [0.3, 0.4) is 0 Å². The van der Waals surface area contributed by atoms with Crippen LogP contribution in [-0.2, 0) is 20.7 Å². The number of benzene rings is 1. The summed E-state index contributed by atoms with van der Waals surface area (Å²) in [5, 5.41) is 2.78. The molecule has 1 aliphatic rings. The molecule has 2 rings (SSSR count). The number of alkyl halides is 1. The third-order valence-electron chi connectivity index (χ3n) is 2.89. The fourth-order valence-corrected chi connectivity index (χ4v) is 2.02. The summed E-state index contributed by atoms with van der Waals surface area (Å²) in [5.74, 6) is 0.601. The Morgan fingerprint density at radius 3 is 2.79 bits per heavy atom. The van der Waals surface area contributed by atoms with E-state index in [1.165, 1.54) is 5.56 Å². The highest BCUT2D eigenvalue weighted by Gasteiger charge is 2.21. The number of carbonyl (C=O) groups is 1. The lowest BCUT2D eigenvalue weighted by Gasteiger charge is -2.17. The highest BCUT2D eigenvalue weighted by molar-refractivity contribution is 6.27. The third-order valence-corrected chi connectivity index (χ3v) is 3.13. The lowest BCUT2D eigenvalue weighted by molar-refractivity contribution is -0.118. The number of hydrogen-bond acceptors (Lipinski definition) is 3. The monoisotopic (exact) mass is 281 g/mol. The topological polar surface area (TPSA) is 47.6 Å². The summed E-state index contributed by atoms with van der Waals surface area (Å²) in [4.78, 5) is 11.2. The number of carbonyl (C=O) groups excluding carboxylic acids is 1. The molecule has 0 bridgehead atoms. The largest absolute Gasteiger partial charge is 0.462 e. The lowest BCUT2D eigenvalue weighted by atomic mass is 9.97. The Hall–Kier alpha value is -1.68. The number of hydrogen-bond donors (Lipinski definition) is 1. The zero-order valence-corrected chi connectivity index (χ0v) is 11.2. The first-order valence-electron chi connectivity index (χ1n) is 6.10. The molecule has 1 aromatic carbocycles. The van der Waals surface area contributed by atoms with Gasteiger partial charge in [0, 0.05) is 12.5 Å². The maximum Gasteiger partial charge on any atom is 0.234 e. The van der Waals surface area contributed by atoms with Crippen molar-refractivity contribution in [2.45, 2.75) is 6.42 Å². The van der Waals surface area contributed by atoms with Crippen LogP contribution >= 0.6 is 11.6 Å². The molecule has 1 unspecified atom stereocenters. The first-order chi connectivity index (χ1) is 9.29. The van der Waals surface area contributed by atoms with Gasteiger partial charge < -0.3 is 14.8 Å². The van der Waals surface area contributed by atoms with Crippen molar-refractivity contribution in [3.63, 3.8) is 0 Å². The summed E-state index contributed by atoms with van der Waals surface area (Å²) in [6.45, 7) is 0.722. The first-order valence-corrected chi connectivity index (χ1v) is 6.64. The van der Waals surface area contributed by atoms with Gasteiger partial charge in [-0.2, -0.15) is 0 Å². The number of halogens is 1. The second-order valence-corrected chi connectivity index (χ2v) is 4.54. The van der Waals surface area contributed by atoms with E-state index in [1.54, 1.807) is 6.26 Å². The second kappa shape index (κ2) is 7.04. The Kier molecular flexibility index (Phi) is 5.10. The number of amides is 1. The van der Waals surface area contributed by atoms with Gasteiger partial charge >= 0.3 is 0 Å². The Morgan fingerprint density at radius 1 is 1.37 bits per heavy atom. The number of ether oxygens (including phenoxy) is 2. The van der Waals surface area contributed by atoms with E-state index in [0.717, 1.165) is 12.2 Å². The van der Waals surface area contributed by atoms with Crippen LogP contribution in [0.2, 0.25) is 0 Å². The Labute approximate surface area is 117 Å². The maximum atomic E-state index is 11.2. The molecule has 1 heterocycles. The molecule has 0 saturated heterocycles. The Bertz CT molecular complexity index is 447. The Balaban J connectivity index is 1.99. The van der Waals surface area contributed by atoms with Crippen LogP contribution in [0.1, 0.15) is 5.56 Å². The SMILES string of the molecule is O=C(CCl)NCC(Cc1ccccc1)C1=COCO1. The van der Waals surface area contributed by atoms with E-state index >= 15 is 0 Å². The van der Waals surface area contributed by atoms with E-state index < -0.39 is 0 Å². The minimum atomic E-state index is -0.181. The van der Waals surface area contributed by atoms with Crippen LogP contribution < -0.4 is 5.32 Å². The van der Waals surface area contributed by atoms with Crippen molar-refractivity contribution in [3.8, 4) is 0 Å². The molecular weight excluding hydrogens is 266 g/mol. The van der Waals surface area contributed by atoms with Crippen molar-refractivity contribution in [3.05, 3.63) is 47.9 Å². The standard InChI is InChI=1S/C14H16ClNO3/c15-7-14(17)16-8-12(13-9-18-10-19-13)6-11-4-2-1-3-5-11/h1-5,9,12H,6-8,10H2,(H,16,17). The van der Waals surface area contributed by atoms with Gasteiger partial charge in [-0.25, -0.2) is 0 Å². The van der Waals surface area contributed by atoms with Gasteiger partial charge in [-0.1, -0.05) is 30.3 Å². The summed E-state index contributed by atoms with van der Waals surface area (Å²) >= 11 is 5.47. The van der Waals surface area contributed by atoms with Crippen molar-refractivity contribution in [2.24, 2.45) is 5.92 Å². The molecule has 1 atom stereocenters. The van der Waals surface area contributed by atoms with E-state index in [4.69, 9.17) is 21.1 Å². The molecular formula is C14H16ClNO3. The fraction of sp³-hybridized carbons (Fsp3) is 0.357. The predicted molar refractivity (Wildman–Crippen MR) is 72.5 cm³/mol. The van der Waals surface area contributed by atoms with E-state index in [1.807, 2.05) is 30.3 Å². The molecule has 4 nitrogen and oxygen atoms in total. The molecule has 0 radical (unpaired) electrons. The van der Waals surface area contributed by atoms with Crippen LogP contribution in [0.15, 0.2) is 42.4 Å². The van der Waals surface area contributed by atoms with Gasteiger partial charge in [-0.05, 0) is 12.0 Å². The van der Waals surface area contributed by atoms with Crippen LogP contribution in [-0.4, -0.2) is 25.1 Å². The Morgan fingerprint density at radius 2 is 2.16 bits per heavy atom. The minimum absolute atomic E-state index is 0.0333. The van der Waals surface area contributed by atoms with Crippen molar-refractivity contribution in [1.82, 2.24) is 5.32 Å². The van der Waals surface area contributed by atoms with Gasteiger partial charge in [-0.15, -0.1) is 11.6 Å². The van der Waals surface area contributed by atoms with Crippen LogP contribution in [0.5, 0.6) is 0 Å². The van der Waals surface area contributed by atoms with E-state index in [2.05, 4.69) is 5.32 Å². The van der Waals surface area contributed by atoms with Crippen LogP contribution in [0, 0.1) is 5.92 Å². The summed E-state index contributed by atoms with van der Waals surface area (Å²) in [7, 11) is 0. The van der Waals surface area contributed by atoms with Crippen molar-refractivity contribution in [2.75, 3.05) is 19.2 Å². The molecule has 0 fully saturated rings. The summed E-state index contributed by atoms with van der Waals surface area (Å²) in [6, 6.07) is 10.1. The van der Waals surface area contributed by atoms with Crippen molar-refractivity contribution < 1.29 is 14.3 Å². The van der Waals surface area contributed by atoms with Crippen LogP contribution in [0.25, 0.3) is 0 Å². The van der Waals surface area contributed by atoms with Gasteiger partial charge in [-0.3, -0.25) is 4.79 Å². The molecule has 0 saturated carbocycles. The quantitative estimate of drug-likeness (QED) is 0.812. The zero-order chi connectivity index (χ0) is 13.5. The molecule has 1 N–H and O–H groups in total. The smallest absolute Gasteiger partial charge is 0.234 e. The molecule has 1 amide bonds. The summed E-state index contributed by atoms with van der Waals surface area (Å²) in [5.41, 5.74) is 1.18. The van der Waals surface area contributed by atoms with Gasteiger partial charge in [0.1, 0.15) is 17.9 Å². The summed E-state index contributed by atoms with van der Waals surface area (Å²) in [6.07, 6.45) is 2.39. The lowest BCUT2D eigenvalue weighted by Crippen LogP contribution is -2.32. The molecule has 0 aliphatic carbocycles. The highest BCUT2D eigenvalue weighted by Crippen LogP contribution is 2.21. The molecule has 102 valence electrons.